The first-order valence-corrected chi connectivity index (χ1v) is 6.96. The van der Waals surface area contributed by atoms with Gasteiger partial charge in [-0.05, 0) is 12.8 Å². The summed E-state index contributed by atoms with van der Waals surface area (Å²) < 4.78 is 0. The molecule has 2 N–H and O–H groups in total. The van der Waals surface area contributed by atoms with Gasteiger partial charge >= 0.3 is 0 Å². The number of amides is 1. The van der Waals surface area contributed by atoms with Gasteiger partial charge in [0.2, 0.25) is 0 Å². The van der Waals surface area contributed by atoms with Gasteiger partial charge in [0.05, 0.1) is 5.01 Å². The number of nitrogens with two attached hydrogens (primary N) is 1. The molecule has 1 atom stereocenters. The maximum absolute atomic E-state index is 12.2. The highest BCUT2D eigenvalue weighted by atomic mass is 35.5. The summed E-state index contributed by atoms with van der Waals surface area (Å²) in [4.78, 5) is 18.4. The summed E-state index contributed by atoms with van der Waals surface area (Å²) in [5, 5.41) is 2.88. The van der Waals surface area contributed by atoms with E-state index in [4.69, 9.17) is 5.73 Å². The van der Waals surface area contributed by atoms with Crippen LogP contribution in [0, 0.1) is 0 Å². The highest BCUT2D eigenvalue weighted by Crippen LogP contribution is 2.21. The summed E-state index contributed by atoms with van der Waals surface area (Å²) in [6, 6.07) is 0.121. The van der Waals surface area contributed by atoms with Gasteiger partial charge in [-0.1, -0.05) is 13.8 Å². The SMILES string of the molecule is CC(C)c1nc(C(=O)N2CCCC(N)C2)cs1.Cl.Cl. The Balaban J connectivity index is 0.00000162. The largest absolute Gasteiger partial charge is 0.336 e. The molecule has 19 heavy (non-hydrogen) atoms. The Morgan fingerprint density at radius 3 is 2.74 bits per heavy atom. The first kappa shape index (κ1) is 18.6. The standard InChI is InChI=1S/C12H19N3OS.2ClH/c1-8(2)11-14-10(7-17-11)12(16)15-5-3-4-9(13)6-15;;/h7-9H,3-6,13H2,1-2H3;2*1H. The zero-order chi connectivity index (χ0) is 12.4. The Hall–Kier alpha value is -0.360. The minimum absolute atomic E-state index is 0. The topological polar surface area (TPSA) is 59.2 Å². The number of likely N-dealkylation sites (tertiary alicyclic amines) is 1. The molecule has 1 aliphatic rings. The van der Waals surface area contributed by atoms with E-state index in [1.807, 2.05) is 10.3 Å². The van der Waals surface area contributed by atoms with Crippen molar-refractivity contribution >= 4 is 42.1 Å². The quantitative estimate of drug-likeness (QED) is 0.909. The van der Waals surface area contributed by atoms with Crippen LogP contribution in [0.5, 0.6) is 0 Å². The molecular weight excluding hydrogens is 305 g/mol. The number of aromatic nitrogens is 1. The van der Waals surface area contributed by atoms with Crippen LogP contribution in [0.25, 0.3) is 0 Å². The molecule has 4 nitrogen and oxygen atoms in total. The van der Waals surface area contributed by atoms with Gasteiger partial charge in [-0.3, -0.25) is 4.79 Å². The van der Waals surface area contributed by atoms with Gasteiger partial charge < -0.3 is 10.6 Å². The summed E-state index contributed by atoms with van der Waals surface area (Å²) in [5.41, 5.74) is 6.46. The fraction of sp³-hybridized carbons (Fsp3) is 0.667. The van der Waals surface area contributed by atoms with Crippen molar-refractivity contribution in [3.63, 3.8) is 0 Å². The van der Waals surface area contributed by atoms with Crippen molar-refractivity contribution in [2.45, 2.75) is 38.6 Å². The van der Waals surface area contributed by atoms with E-state index in [0.29, 0.717) is 18.2 Å². The molecule has 1 aliphatic heterocycles. The minimum Gasteiger partial charge on any atom is -0.336 e. The number of hydrogen-bond acceptors (Lipinski definition) is 4. The summed E-state index contributed by atoms with van der Waals surface area (Å²) in [6.07, 6.45) is 2.01. The molecule has 2 rings (SSSR count). The molecule has 0 saturated carbocycles. The van der Waals surface area contributed by atoms with Crippen LogP contribution in [0.1, 0.15) is 48.1 Å². The maximum atomic E-state index is 12.2. The predicted molar refractivity (Wildman–Crippen MR) is 83.8 cm³/mol. The number of halogens is 2. The van der Waals surface area contributed by atoms with Crippen molar-refractivity contribution in [1.29, 1.82) is 0 Å². The molecule has 7 heteroatoms. The molecule has 0 aliphatic carbocycles. The second-order valence-corrected chi connectivity index (χ2v) is 5.77. The van der Waals surface area contributed by atoms with Crippen LogP contribution < -0.4 is 5.73 Å². The van der Waals surface area contributed by atoms with Crippen molar-refractivity contribution in [3.8, 4) is 0 Å². The molecule has 1 unspecified atom stereocenters. The van der Waals surface area contributed by atoms with Gasteiger partial charge in [0, 0.05) is 30.4 Å². The number of nitrogens with zero attached hydrogens (tertiary/aromatic N) is 2. The summed E-state index contributed by atoms with van der Waals surface area (Å²) >= 11 is 1.56. The van der Waals surface area contributed by atoms with E-state index < -0.39 is 0 Å². The van der Waals surface area contributed by atoms with E-state index in [1.54, 1.807) is 11.3 Å². The molecule has 2 heterocycles. The van der Waals surface area contributed by atoms with Gasteiger partial charge in [-0.25, -0.2) is 4.98 Å². The van der Waals surface area contributed by atoms with Gasteiger partial charge in [0.25, 0.3) is 5.91 Å². The molecule has 1 aromatic heterocycles. The van der Waals surface area contributed by atoms with E-state index in [-0.39, 0.29) is 36.8 Å². The van der Waals surface area contributed by atoms with E-state index in [1.165, 1.54) is 0 Å². The lowest BCUT2D eigenvalue weighted by atomic mass is 10.1. The molecule has 0 aromatic carbocycles. The lowest BCUT2D eigenvalue weighted by molar-refractivity contribution is 0.0703. The third-order valence-corrected chi connectivity index (χ3v) is 4.13. The van der Waals surface area contributed by atoms with Crippen LogP contribution in [0.15, 0.2) is 5.38 Å². The summed E-state index contributed by atoms with van der Waals surface area (Å²) in [5.74, 6) is 0.411. The Morgan fingerprint density at radius 1 is 1.53 bits per heavy atom. The number of carbonyl (C=O) groups excluding carboxylic acids is 1. The molecule has 1 aromatic rings. The molecule has 1 fully saturated rings. The monoisotopic (exact) mass is 325 g/mol. The molecule has 110 valence electrons. The van der Waals surface area contributed by atoms with Crippen LogP contribution in [0.3, 0.4) is 0 Å². The number of hydrogen-bond donors (Lipinski definition) is 1. The number of thiazole rings is 1. The second kappa shape index (κ2) is 8.04. The molecule has 0 bridgehead atoms. The third kappa shape index (κ3) is 4.60. The highest BCUT2D eigenvalue weighted by molar-refractivity contribution is 7.09. The first-order valence-electron chi connectivity index (χ1n) is 6.08. The summed E-state index contributed by atoms with van der Waals surface area (Å²) in [7, 11) is 0. The average Bonchev–Trinajstić information content (AvgIpc) is 2.77. The first-order chi connectivity index (χ1) is 8.08. The van der Waals surface area contributed by atoms with Crippen molar-refractivity contribution in [1.82, 2.24) is 9.88 Å². The fourth-order valence-corrected chi connectivity index (χ4v) is 2.82. The molecular formula is C12H21Cl2N3OS. The van der Waals surface area contributed by atoms with Crippen molar-refractivity contribution in [2.75, 3.05) is 13.1 Å². The lowest BCUT2D eigenvalue weighted by Crippen LogP contribution is -2.45. The van der Waals surface area contributed by atoms with Gasteiger partial charge in [-0.2, -0.15) is 0 Å². The van der Waals surface area contributed by atoms with Crippen LogP contribution in [-0.4, -0.2) is 34.9 Å². The van der Waals surface area contributed by atoms with E-state index in [0.717, 1.165) is 24.4 Å². The normalized spacial score (nSPS) is 18.7. The van der Waals surface area contributed by atoms with Gasteiger partial charge in [0.1, 0.15) is 5.69 Å². The lowest BCUT2D eigenvalue weighted by Gasteiger charge is -2.30. The van der Waals surface area contributed by atoms with Crippen molar-refractivity contribution < 1.29 is 4.79 Å². The van der Waals surface area contributed by atoms with Gasteiger partial charge in [-0.15, -0.1) is 36.2 Å². The van der Waals surface area contributed by atoms with Crippen molar-refractivity contribution in [3.05, 3.63) is 16.1 Å². The van der Waals surface area contributed by atoms with E-state index >= 15 is 0 Å². The average molecular weight is 326 g/mol. The second-order valence-electron chi connectivity index (χ2n) is 4.88. The van der Waals surface area contributed by atoms with E-state index in [2.05, 4.69) is 18.8 Å². The zero-order valence-corrected chi connectivity index (χ0v) is 13.6. The molecule has 1 amide bonds. The predicted octanol–water partition coefficient (Wildman–Crippen LogP) is 2.67. The minimum atomic E-state index is 0. The molecule has 1 saturated heterocycles. The van der Waals surface area contributed by atoms with Crippen LogP contribution >= 0.6 is 36.2 Å². The molecule has 0 radical (unpaired) electrons. The number of carbonyl (C=O) groups is 1. The third-order valence-electron chi connectivity index (χ3n) is 2.98. The van der Waals surface area contributed by atoms with Crippen LogP contribution in [0.2, 0.25) is 0 Å². The summed E-state index contributed by atoms with van der Waals surface area (Å²) in [6.45, 7) is 5.64. The van der Waals surface area contributed by atoms with Crippen LogP contribution in [-0.2, 0) is 0 Å². The van der Waals surface area contributed by atoms with E-state index in [9.17, 15) is 4.79 Å². The van der Waals surface area contributed by atoms with Crippen LogP contribution in [0.4, 0.5) is 0 Å². The Labute approximate surface area is 130 Å². The highest BCUT2D eigenvalue weighted by Gasteiger charge is 2.24. The van der Waals surface area contributed by atoms with Crippen molar-refractivity contribution in [2.24, 2.45) is 5.73 Å². The Bertz CT molecular complexity index is 411. The smallest absolute Gasteiger partial charge is 0.273 e. The maximum Gasteiger partial charge on any atom is 0.273 e. The van der Waals surface area contributed by atoms with Gasteiger partial charge in [0.15, 0.2) is 0 Å². The fourth-order valence-electron chi connectivity index (χ4n) is 2.01. The zero-order valence-electron chi connectivity index (χ0n) is 11.2. The number of rotatable bonds is 2. The Kier molecular flexibility index (Phi) is 7.89. The Morgan fingerprint density at radius 2 is 2.21 bits per heavy atom. The number of piperidine rings is 1. The molecule has 0 spiro atoms.